The Kier molecular flexibility index (Phi) is 3.45. The molecule has 4 nitrogen and oxygen atoms in total. The topological polar surface area (TPSA) is 59.2 Å². The van der Waals surface area contributed by atoms with Crippen LogP contribution in [0.3, 0.4) is 0 Å². The summed E-state index contributed by atoms with van der Waals surface area (Å²) in [7, 11) is 0. The quantitative estimate of drug-likeness (QED) is 0.786. The number of amides is 2. The van der Waals surface area contributed by atoms with Gasteiger partial charge in [0, 0.05) is 12.2 Å². The average molecular weight is 193 g/mol. The molecule has 0 aromatic carbocycles. The van der Waals surface area contributed by atoms with Crippen LogP contribution in [0.4, 0.5) is 4.79 Å². The molecule has 76 valence electrons. The van der Waals surface area contributed by atoms with Crippen LogP contribution in [0.1, 0.15) is 18.3 Å². The van der Waals surface area contributed by atoms with E-state index in [0.29, 0.717) is 13.1 Å². The third-order valence-corrected chi connectivity index (χ3v) is 1.99. The minimum atomic E-state index is -0.407. The molecule has 2 N–H and O–H groups in total. The summed E-state index contributed by atoms with van der Waals surface area (Å²) in [5, 5.41) is 0. The highest BCUT2D eigenvalue weighted by Crippen LogP contribution is 2.02. The molecule has 0 saturated carbocycles. The first-order chi connectivity index (χ1) is 6.63. The first-order valence-corrected chi connectivity index (χ1v) is 4.60. The van der Waals surface area contributed by atoms with E-state index < -0.39 is 6.03 Å². The van der Waals surface area contributed by atoms with Gasteiger partial charge in [0.15, 0.2) is 0 Å². The molecular formula is C10H15N3O. The van der Waals surface area contributed by atoms with Crippen molar-refractivity contribution in [2.24, 2.45) is 5.73 Å². The highest BCUT2D eigenvalue weighted by Gasteiger charge is 2.07. The first-order valence-electron chi connectivity index (χ1n) is 4.60. The van der Waals surface area contributed by atoms with E-state index in [1.165, 1.54) is 0 Å². The Morgan fingerprint density at radius 3 is 2.79 bits per heavy atom. The van der Waals surface area contributed by atoms with Gasteiger partial charge in [-0.3, -0.25) is 4.98 Å². The molecule has 1 aromatic heterocycles. The van der Waals surface area contributed by atoms with Gasteiger partial charge in [0.05, 0.1) is 12.2 Å². The van der Waals surface area contributed by atoms with E-state index in [4.69, 9.17) is 5.73 Å². The molecule has 0 aliphatic carbocycles. The molecule has 2 amide bonds. The van der Waals surface area contributed by atoms with Crippen LogP contribution >= 0.6 is 0 Å². The van der Waals surface area contributed by atoms with Crippen molar-refractivity contribution in [3.63, 3.8) is 0 Å². The molecule has 0 aliphatic rings. The maximum atomic E-state index is 10.9. The number of hydrogen-bond acceptors (Lipinski definition) is 2. The van der Waals surface area contributed by atoms with Crippen LogP contribution < -0.4 is 5.73 Å². The minimum absolute atomic E-state index is 0.407. The maximum Gasteiger partial charge on any atom is 0.315 e. The molecule has 1 rings (SSSR count). The molecule has 0 bridgehead atoms. The zero-order chi connectivity index (χ0) is 10.6. The van der Waals surface area contributed by atoms with Crippen molar-refractivity contribution < 1.29 is 4.79 Å². The number of aromatic nitrogens is 1. The number of hydrogen-bond donors (Lipinski definition) is 1. The third kappa shape index (κ3) is 2.73. The number of primary amides is 1. The second kappa shape index (κ2) is 4.60. The molecule has 1 aromatic rings. The van der Waals surface area contributed by atoms with E-state index in [1.807, 2.05) is 32.0 Å². The van der Waals surface area contributed by atoms with Crippen LogP contribution in [0.15, 0.2) is 18.2 Å². The first kappa shape index (κ1) is 10.5. The lowest BCUT2D eigenvalue weighted by Crippen LogP contribution is -2.35. The van der Waals surface area contributed by atoms with Crippen molar-refractivity contribution in [2.45, 2.75) is 20.4 Å². The molecule has 0 radical (unpaired) electrons. The molecule has 0 fully saturated rings. The van der Waals surface area contributed by atoms with Crippen LogP contribution in [0.25, 0.3) is 0 Å². The zero-order valence-electron chi connectivity index (χ0n) is 8.53. The van der Waals surface area contributed by atoms with Gasteiger partial charge in [-0.2, -0.15) is 0 Å². The molecule has 0 aliphatic heterocycles. The lowest BCUT2D eigenvalue weighted by Gasteiger charge is -2.17. The largest absolute Gasteiger partial charge is 0.351 e. The fourth-order valence-electron chi connectivity index (χ4n) is 1.23. The molecule has 14 heavy (non-hydrogen) atoms. The fourth-order valence-corrected chi connectivity index (χ4v) is 1.23. The predicted octanol–water partition coefficient (Wildman–Crippen LogP) is 1.29. The van der Waals surface area contributed by atoms with Gasteiger partial charge in [0.2, 0.25) is 0 Å². The summed E-state index contributed by atoms with van der Waals surface area (Å²) in [5.41, 5.74) is 7.01. The van der Waals surface area contributed by atoms with E-state index in [1.54, 1.807) is 4.90 Å². The van der Waals surface area contributed by atoms with Gasteiger partial charge in [-0.15, -0.1) is 0 Å². The normalized spacial score (nSPS) is 9.86. The number of carbonyl (C=O) groups is 1. The number of nitrogens with two attached hydrogens (primary N) is 1. The van der Waals surface area contributed by atoms with Crippen molar-refractivity contribution in [1.29, 1.82) is 0 Å². The Balaban J connectivity index is 2.72. The number of aryl methyl sites for hydroxylation is 1. The smallest absolute Gasteiger partial charge is 0.315 e. The Hall–Kier alpha value is -1.58. The van der Waals surface area contributed by atoms with Crippen molar-refractivity contribution in [1.82, 2.24) is 9.88 Å². The summed E-state index contributed by atoms with van der Waals surface area (Å²) in [5.74, 6) is 0. The maximum absolute atomic E-state index is 10.9. The summed E-state index contributed by atoms with van der Waals surface area (Å²) in [6, 6.07) is 5.32. The lowest BCUT2D eigenvalue weighted by atomic mass is 10.3. The monoisotopic (exact) mass is 193 g/mol. The Morgan fingerprint density at radius 2 is 2.29 bits per heavy atom. The molecule has 0 atom stereocenters. The van der Waals surface area contributed by atoms with E-state index in [2.05, 4.69) is 4.98 Å². The number of nitrogens with zero attached hydrogens (tertiary/aromatic N) is 2. The van der Waals surface area contributed by atoms with Gasteiger partial charge in [0.1, 0.15) is 0 Å². The summed E-state index contributed by atoms with van der Waals surface area (Å²) in [6.07, 6.45) is 0. The van der Waals surface area contributed by atoms with Gasteiger partial charge in [0.25, 0.3) is 0 Å². The average Bonchev–Trinajstić information content (AvgIpc) is 2.14. The van der Waals surface area contributed by atoms with Crippen molar-refractivity contribution >= 4 is 6.03 Å². The lowest BCUT2D eigenvalue weighted by molar-refractivity contribution is 0.207. The minimum Gasteiger partial charge on any atom is -0.351 e. The summed E-state index contributed by atoms with van der Waals surface area (Å²) in [6.45, 7) is 4.89. The molecule has 0 saturated heterocycles. The fraction of sp³-hybridized carbons (Fsp3) is 0.400. The Morgan fingerprint density at radius 1 is 1.57 bits per heavy atom. The van der Waals surface area contributed by atoms with E-state index in [-0.39, 0.29) is 0 Å². The number of pyridine rings is 1. The molecule has 0 unspecified atom stereocenters. The van der Waals surface area contributed by atoms with Gasteiger partial charge in [-0.25, -0.2) is 4.79 Å². The molecular weight excluding hydrogens is 178 g/mol. The van der Waals surface area contributed by atoms with Gasteiger partial charge in [-0.05, 0) is 26.0 Å². The summed E-state index contributed by atoms with van der Waals surface area (Å²) >= 11 is 0. The highest BCUT2D eigenvalue weighted by atomic mass is 16.2. The number of carbonyl (C=O) groups excluding carboxylic acids is 1. The SMILES string of the molecule is CCN(Cc1cccc(C)n1)C(N)=O. The summed E-state index contributed by atoms with van der Waals surface area (Å²) < 4.78 is 0. The Labute approximate surface area is 83.7 Å². The van der Waals surface area contributed by atoms with Crippen LogP contribution in [0, 0.1) is 6.92 Å². The molecule has 4 heteroatoms. The van der Waals surface area contributed by atoms with E-state index >= 15 is 0 Å². The van der Waals surface area contributed by atoms with E-state index in [9.17, 15) is 4.79 Å². The van der Waals surface area contributed by atoms with Crippen molar-refractivity contribution in [3.05, 3.63) is 29.6 Å². The van der Waals surface area contributed by atoms with Crippen molar-refractivity contribution in [2.75, 3.05) is 6.54 Å². The summed E-state index contributed by atoms with van der Waals surface area (Å²) in [4.78, 5) is 16.8. The molecule has 0 spiro atoms. The van der Waals surface area contributed by atoms with Crippen molar-refractivity contribution in [3.8, 4) is 0 Å². The van der Waals surface area contributed by atoms with Gasteiger partial charge >= 0.3 is 6.03 Å². The van der Waals surface area contributed by atoms with Gasteiger partial charge in [-0.1, -0.05) is 6.07 Å². The van der Waals surface area contributed by atoms with Crippen LogP contribution in [-0.2, 0) is 6.54 Å². The second-order valence-electron chi connectivity index (χ2n) is 3.12. The number of rotatable bonds is 3. The zero-order valence-corrected chi connectivity index (χ0v) is 8.53. The third-order valence-electron chi connectivity index (χ3n) is 1.99. The van der Waals surface area contributed by atoms with Crippen LogP contribution in [0.5, 0.6) is 0 Å². The highest BCUT2D eigenvalue weighted by molar-refractivity contribution is 5.71. The molecule has 1 heterocycles. The van der Waals surface area contributed by atoms with Crippen LogP contribution in [0.2, 0.25) is 0 Å². The predicted molar refractivity (Wildman–Crippen MR) is 54.6 cm³/mol. The van der Waals surface area contributed by atoms with Crippen LogP contribution in [-0.4, -0.2) is 22.5 Å². The number of urea groups is 1. The Bertz CT molecular complexity index is 325. The van der Waals surface area contributed by atoms with Gasteiger partial charge < -0.3 is 10.6 Å². The standard InChI is InChI=1S/C10H15N3O/c1-3-13(10(11)14)7-9-6-4-5-8(2)12-9/h4-6H,3,7H2,1-2H3,(H2,11,14). The van der Waals surface area contributed by atoms with E-state index in [0.717, 1.165) is 11.4 Å². The second-order valence-corrected chi connectivity index (χ2v) is 3.12.